The molecule has 0 amide bonds. The van der Waals surface area contributed by atoms with Gasteiger partial charge in [0.2, 0.25) is 0 Å². The van der Waals surface area contributed by atoms with Gasteiger partial charge in [0.05, 0.1) is 0 Å². The molecule has 0 aliphatic rings. The van der Waals surface area contributed by atoms with E-state index in [9.17, 15) is 0 Å². The van der Waals surface area contributed by atoms with Gasteiger partial charge >= 0.3 is 0 Å². The number of nitrogens with zero attached hydrogens (tertiary/aromatic N) is 1. The molecule has 0 aromatic heterocycles. The number of nitriles is 1. The standard InChI is InChI=1S/C11H13BrN2O/c1-7(6-13)15-11-5-9(12)3-4-10(11)8(2)14/h3-5,7-8H,14H2,1-2H3/t7?,8-/m0/s1. The molecule has 0 aliphatic carbocycles. The molecule has 0 spiro atoms. The quantitative estimate of drug-likeness (QED) is 0.917. The molecule has 2 N–H and O–H groups in total. The number of halogens is 1. The SMILES string of the molecule is CC(C#N)Oc1cc(Br)ccc1[C@H](C)N. The first-order valence-electron chi connectivity index (χ1n) is 4.66. The monoisotopic (exact) mass is 268 g/mol. The lowest BCUT2D eigenvalue weighted by atomic mass is 10.1. The Kier molecular flexibility index (Phi) is 4.13. The molecule has 0 saturated carbocycles. The Balaban J connectivity index is 3.03. The minimum atomic E-state index is -0.475. The molecule has 4 heteroatoms. The predicted molar refractivity (Wildman–Crippen MR) is 62.4 cm³/mol. The van der Waals surface area contributed by atoms with Gasteiger partial charge in [-0.3, -0.25) is 0 Å². The Labute approximate surface area is 98.0 Å². The number of hydrogen-bond acceptors (Lipinski definition) is 3. The van der Waals surface area contributed by atoms with Crippen LogP contribution in [0.1, 0.15) is 25.5 Å². The van der Waals surface area contributed by atoms with Crippen molar-refractivity contribution >= 4 is 15.9 Å². The van der Waals surface area contributed by atoms with Crippen LogP contribution in [0.4, 0.5) is 0 Å². The van der Waals surface area contributed by atoms with E-state index < -0.39 is 6.10 Å². The molecule has 1 aromatic carbocycles. The van der Waals surface area contributed by atoms with Crippen LogP contribution in [0.15, 0.2) is 22.7 Å². The summed E-state index contributed by atoms with van der Waals surface area (Å²) in [6.45, 7) is 3.58. The molecular formula is C11H13BrN2O. The summed E-state index contributed by atoms with van der Waals surface area (Å²) in [4.78, 5) is 0. The van der Waals surface area contributed by atoms with E-state index in [1.807, 2.05) is 31.2 Å². The zero-order valence-corrected chi connectivity index (χ0v) is 10.3. The predicted octanol–water partition coefficient (Wildman–Crippen LogP) is 2.76. The van der Waals surface area contributed by atoms with Crippen molar-refractivity contribution < 1.29 is 4.74 Å². The highest BCUT2D eigenvalue weighted by atomic mass is 79.9. The van der Waals surface area contributed by atoms with Crippen molar-refractivity contribution in [1.82, 2.24) is 0 Å². The van der Waals surface area contributed by atoms with Crippen molar-refractivity contribution in [3.8, 4) is 11.8 Å². The van der Waals surface area contributed by atoms with Crippen LogP contribution in [0.25, 0.3) is 0 Å². The highest BCUT2D eigenvalue weighted by Gasteiger charge is 2.11. The van der Waals surface area contributed by atoms with Crippen molar-refractivity contribution in [1.29, 1.82) is 5.26 Å². The van der Waals surface area contributed by atoms with Crippen molar-refractivity contribution in [2.45, 2.75) is 26.0 Å². The Bertz CT molecular complexity index is 385. The van der Waals surface area contributed by atoms with Gasteiger partial charge in [-0.2, -0.15) is 5.26 Å². The maximum atomic E-state index is 8.68. The van der Waals surface area contributed by atoms with Crippen LogP contribution in [0.3, 0.4) is 0 Å². The van der Waals surface area contributed by atoms with E-state index in [4.69, 9.17) is 15.7 Å². The molecule has 0 saturated heterocycles. The molecule has 0 heterocycles. The highest BCUT2D eigenvalue weighted by Crippen LogP contribution is 2.28. The Morgan fingerprint density at radius 1 is 1.47 bits per heavy atom. The van der Waals surface area contributed by atoms with E-state index in [2.05, 4.69) is 15.9 Å². The summed E-state index contributed by atoms with van der Waals surface area (Å²) >= 11 is 3.35. The third-order valence-corrected chi connectivity index (χ3v) is 2.44. The molecule has 1 rings (SSSR count). The summed E-state index contributed by atoms with van der Waals surface area (Å²) in [5, 5.41) is 8.68. The van der Waals surface area contributed by atoms with E-state index in [1.165, 1.54) is 0 Å². The van der Waals surface area contributed by atoms with Gasteiger partial charge in [0.15, 0.2) is 6.10 Å². The second-order valence-electron chi connectivity index (χ2n) is 3.36. The smallest absolute Gasteiger partial charge is 0.181 e. The van der Waals surface area contributed by atoms with Crippen molar-refractivity contribution in [2.24, 2.45) is 5.73 Å². The maximum absolute atomic E-state index is 8.68. The highest BCUT2D eigenvalue weighted by molar-refractivity contribution is 9.10. The topological polar surface area (TPSA) is 59.0 Å². The lowest BCUT2D eigenvalue weighted by Gasteiger charge is -2.15. The summed E-state index contributed by atoms with van der Waals surface area (Å²) < 4.78 is 6.37. The normalized spacial score (nSPS) is 14.1. The molecule has 2 atom stereocenters. The van der Waals surface area contributed by atoms with Crippen molar-refractivity contribution in [3.63, 3.8) is 0 Å². The van der Waals surface area contributed by atoms with Crippen LogP contribution < -0.4 is 10.5 Å². The molecule has 0 aliphatic heterocycles. The minimum Gasteiger partial charge on any atom is -0.475 e. The summed E-state index contributed by atoms with van der Waals surface area (Å²) in [7, 11) is 0. The zero-order chi connectivity index (χ0) is 11.4. The molecule has 3 nitrogen and oxygen atoms in total. The first-order valence-corrected chi connectivity index (χ1v) is 5.45. The van der Waals surface area contributed by atoms with Crippen LogP contribution in [0, 0.1) is 11.3 Å². The maximum Gasteiger partial charge on any atom is 0.181 e. The van der Waals surface area contributed by atoms with Crippen LogP contribution in [0.2, 0.25) is 0 Å². The third kappa shape index (κ3) is 3.22. The average Bonchev–Trinajstić information content (AvgIpc) is 2.17. The van der Waals surface area contributed by atoms with Crippen LogP contribution >= 0.6 is 15.9 Å². The Morgan fingerprint density at radius 2 is 2.13 bits per heavy atom. The molecule has 1 aromatic rings. The van der Waals surface area contributed by atoms with Gasteiger partial charge in [0.1, 0.15) is 11.8 Å². The van der Waals surface area contributed by atoms with Gasteiger partial charge < -0.3 is 10.5 Å². The number of benzene rings is 1. The molecular weight excluding hydrogens is 256 g/mol. The summed E-state index contributed by atoms with van der Waals surface area (Å²) in [5.41, 5.74) is 6.71. The minimum absolute atomic E-state index is 0.112. The summed E-state index contributed by atoms with van der Waals surface area (Å²) in [6.07, 6.45) is -0.475. The number of nitrogens with two attached hydrogens (primary N) is 1. The van der Waals surface area contributed by atoms with Crippen molar-refractivity contribution in [2.75, 3.05) is 0 Å². The van der Waals surface area contributed by atoms with Crippen LogP contribution in [-0.4, -0.2) is 6.10 Å². The Hall–Kier alpha value is -1.05. The van der Waals surface area contributed by atoms with Crippen molar-refractivity contribution in [3.05, 3.63) is 28.2 Å². The first kappa shape index (κ1) is 12.0. The van der Waals surface area contributed by atoms with Crippen LogP contribution in [0.5, 0.6) is 5.75 Å². The van der Waals surface area contributed by atoms with E-state index in [0.717, 1.165) is 10.0 Å². The Morgan fingerprint density at radius 3 is 2.67 bits per heavy atom. The van der Waals surface area contributed by atoms with Gasteiger partial charge in [-0.1, -0.05) is 22.0 Å². The van der Waals surface area contributed by atoms with E-state index in [-0.39, 0.29) is 6.04 Å². The largest absolute Gasteiger partial charge is 0.475 e. The molecule has 80 valence electrons. The average molecular weight is 269 g/mol. The molecule has 0 fully saturated rings. The summed E-state index contributed by atoms with van der Waals surface area (Å²) in [5.74, 6) is 0.661. The van der Waals surface area contributed by atoms with Gasteiger partial charge in [-0.05, 0) is 26.0 Å². The molecule has 0 radical (unpaired) electrons. The van der Waals surface area contributed by atoms with Gasteiger partial charge in [0, 0.05) is 16.1 Å². The molecule has 1 unspecified atom stereocenters. The second-order valence-corrected chi connectivity index (χ2v) is 4.28. The fourth-order valence-corrected chi connectivity index (χ4v) is 1.54. The fraction of sp³-hybridized carbons (Fsp3) is 0.364. The second kappa shape index (κ2) is 5.15. The number of rotatable bonds is 3. The molecule has 0 bridgehead atoms. The van der Waals surface area contributed by atoms with E-state index in [0.29, 0.717) is 5.75 Å². The van der Waals surface area contributed by atoms with Crippen LogP contribution in [-0.2, 0) is 0 Å². The lowest BCUT2D eigenvalue weighted by Crippen LogP contribution is -2.13. The molecule has 15 heavy (non-hydrogen) atoms. The van der Waals surface area contributed by atoms with Gasteiger partial charge in [0.25, 0.3) is 0 Å². The van der Waals surface area contributed by atoms with Gasteiger partial charge in [-0.15, -0.1) is 0 Å². The zero-order valence-electron chi connectivity index (χ0n) is 8.70. The third-order valence-electron chi connectivity index (χ3n) is 1.95. The summed E-state index contributed by atoms with van der Waals surface area (Å²) in [6, 6.07) is 7.54. The van der Waals surface area contributed by atoms with E-state index in [1.54, 1.807) is 6.92 Å². The number of hydrogen-bond donors (Lipinski definition) is 1. The fourth-order valence-electron chi connectivity index (χ4n) is 1.20. The number of ether oxygens (including phenoxy) is 1. The lowest BCUT2D eigenvalue weighted by molar-refractivity contribution is 0.272. The first-order chi connectivity index (χ1) is 7.04. The van der Waals surface area contributed by atoms with E-state index >= 15 is 0 Å². The van der Waals surface area contributed by atoms with Gasteiger partial charge in [-0.25, -0.2) is 0 Å².